The van der Waals surface area contributed by atoms with Crippen molar-refractivity contribution in [1.29, 1.82) is 0 Å². The Hall–Kier alpha value is -1.53. The fourth-order valence-corrected chi connectivity index (χ4v) is 3.28. The third-order valence-electron chi connectivity index (χ3n) is 4.11. The molecule has 1 aliphatic heterocycles. The van der Waals surface area contributed by atoms with Crippen LogP contribution in [0.4, 0.5) is 5.82 Å². The van der Waals surface area contributed by atoms with Crippen molar-refractivity contribution >= 4 is 25.1 Å². The minimum atomic E-state index is -1.80. The molecule has 0 unspecified atom stereocenters. The molecule has 2 heterocycles. The quantitative estimate of drug-likeness (QED) is 0.790. The second-order valence-electron chi connectivity index (χ2n) is 5.50. The van der Waals surface area contributed by atoms with Gasteiger partial charge >= 0.3 is 0 Å². The van der Waals surface area contributed by atoms with Crippen molar-refractivity contribution in [2.45, 2.75) is 0 Å². The zero-order valence-electron chi connectivity index (χ0n) is 13.1. The highest BCUT2D eigenvalue weighted by Crippen LogP contribution is 2.28. The lowest BCUT2D eigenvalue weighted by atomic mass is 10.2. The molecule has 3 rings (SSSR count). The molecule has 0 aliphatic carbocycles. The molecule has 0 bridgehead atoms. The van der Waals surface area contributed by atoms with E-state index in [0.29, 0.717) is 6.16 Å². The molecule has 1 aromatic heterocycles. The number of hydrogen-bond acceptors (Lipinski definition) is 7. The van der Waals surface area contributed by atoms with Crippen molar-refractivity contribution in [3.63, 3.8) is 0 Å². The van der Waals surface area contributed by atoms with Crippen LogP contribution in [-0.2, 0) is 0 Å². The van der Waals surface area contributed by atoms with Crippen molar-refractivity contribution in [3.8, 4) is 5.75 Å². The van der Waals surface area contributed by atoms with Crippen molar-refractivity contribution in [2.24, 2.45) is 0 Å². The monoisotopic (exact) mass is 336 g/mol. The molecule has 0 amide bonds. The molecule has 1 aromatic carbocycles. The van der Waals surface area contributed by atoms with Crippen LogP contribution < -0.4 is 9.64 Å². The van der Waals surface area contributed by atoms with E-state index < -0.39 is 8.38 Å². The molecule has 0 radical (unpaired) electrons. The average molecular weight is 336 g/mol. The van der Waals surface area contributed by atoms with Crippen LogP contribution in [-0.4, -0.2) is 70.7 Å². The van der Waals surface area contributed by atoms with Gasteiger partial charge in [0.2, 0.25) is 0 Å². The Labute approximate surface area is 136 Å². The number of benzene rings is 1. The van der Waals surface area contributed by atoms with Gasteiger partial charge in [-0.2, -0.15) is 0 Å². The second kappa shape index (κ2) is 7.36. The summed E-state index contributed by atoms with van der Waals surface area (Å²) >= 11 is 0. The molecule has 2 aromatic rings. The number of rotatable bonds is 5. The number of aromatic nitrogens is 2. The normalized spacial score (nSPS) is 16.3. The van der Waals surface area contributed by atoms with Gasteiger partial charge in [-0.1, -0.05) is 0 Å². The van der Waals surface area contributed by atoms with Crippen LogP contribution in [0.25, 0.3) is 10.9 Å². The molecule has 0 spiro atoms. The molecule has 124 valence electrons. The first kappa shape index (κ1) is 16.3. The summed E-state index contributed by atoms with van der Waals surface area (Å²) in [5, 5.41) is 0.995. The number of nitrogens with zero attached hydrogens (tertiary/aromatic N) is 4. The number of methoxy groups -OCH3 is 1. The zero-order valence-corrected chi connectivity index (χ0v) is 14.0. The van der Waals surface area contributed by atoms with E-state index in [9.17, 15) is 0 Å². The molecule has 0 atom stereocenters. The van der Waals surface area contributed by atoms with Crippen molar-refractivity contribution in [2.75, 3.05) is 50.9 Å². The highest BCUT2D eigenvalue weighted by Gasteiger charge is 2.20. The van der Waals surface area contributed by atoms with Crippen molar-refractivity contribution in [1.82, 2.24) is 14.9 Å². The van der Waals surface area contributed by atoms with E-state index in [2.05, 4.69) is 19.8 Å². The molecule has 1 saturated heterocycles. The Balaban J connectivity index is 1.74. The molecule has 2 N–H and O–H groups in total. The van der Waals surface area contributed by atoms with Crippen LogP contribution in [0, 0.1) is 0 Å². The minimum absolute atomic E-state index is 0.447. The van der Waals surface area contributed by atoms with E-state index >= 15 is 0 Å². The van der Waals surface area contributed by atoms with Crippen molar-refractivity contribution < 1.29 is 14.5 Å². The lowest BCUT2D eigenvalue weighted by Crippen LogP contribution is -2.47. The van der Waals surface area contributed by atoms with E-state index in [-0.39, 0.29) is 0 Å². The van der Waals surface area contributed by atoms with Gasteiger partial charge in [-0.3, -0.25) is 4.90 Å². The van der Waals surface area contributed by atoms with Gasteiger partial charge < -0.3 is 19.4 Å². The number of piperazine rings is 1. The van der Waals surface area contributed by atoms with E-state index in [0.717, 1.165) is 55.2 Å². The predicted octanol–water partition coefficient (Wildman–Crippen LogP) is 1.06. The SMILES string of the molecule is COc1ccc2ncnc(N3CCN(CCP(O)O)CC3)c2c1. The number of hydrogen-bond donors (Lipinski definition) is 2. The summed E-state index contributed by atoms with van der Waals surface area (Å²) < 4.78 is 5.31. The molecule has 8 heteroatoms. The standard InChI is InChI=1S/C15H21N4O3P/c1-22-12-2-3-14-13(10-12)15(17-11-16-14)19-6-4-18(5-7-19)8-9-23(20)21/h2-3,10-11,20-21H,4-9H2,1H3. The number of fused-ring (bicyclic) bond motifs is 1. The number of anilines is 1. The summed E-state index contributed by atoms with van der Waals surface area (Å²) in [6.07, 6.45) is 2.05. The third kappa shape index (κ3) is 3.87. The van der Waals surface area contributed by atoms with Crippen molar-refractivity contribution in [3.05, 3.63) is 24.5 Å². The molecule has 7 nitrogen and oxygen atoms in total. The smallest absolute Gasteiger partial charge is 0.166 e. The van der Waals surface area contributed by atoms with Crippen LogP contribution in [0.5, 0.6) is 5.75 Å². The summed E-state index contributed by atoms with van der Waals surface area (Å²) in [4.78, 5) is 31.4. The highest BCUT2D eigenvalue weighted by atomic mass is 31.2. The Morgan fingerprint density at radius 3 is 2.65 bits per heavy atom. The van der Waals surface area contributed by atoms with E-state index in [1.54, 1.807) is 13.4 Å². The highest BCUT2D eigenvalue weighted by molar-refractivity contribution is 7.45. The van der Waals surface area contributed by atoms with Gasteiger partial charge in [-0.05, 0) is 18.2 Å². The zero-order chi connectivity index (χ0) is 16.2. The van der Waals surface area contributed by atoms with Gasteiger partial charge in [0.1, 0.15) is 17.9 Å². The summed E-state index contributed by atoms with van der Waals surface area (Å²) in [7, 11) is -0.146. The van der Waals surface area contributed by atoms with E-state index in [1.807, 2.05) is 18.2 Å². The van der Waals surface area contributed by atoms with Crippen LogP contribution in [0.15, 0.2) is 24.5 Å². The van der Waals surface area contributed by atoms with Gasteiger partial charge in [-0.25, -0.2) is 9.97 Å². The molecular weight excluding hydrogens is 315 g/mol. The van der Waals surface area contributed by atoms with E-state index in [1.165, 1.54) is 0 Å². The molecule has 1 fully saturated rings. The summed E-state index contributed by atoms with van der Waals surface area (Å²) in [6.45, 7) is 4.22. The number of ether oxygens (including phenoxy) is 1. The average Bonchev–Trinajstić information content (AvgIpc) is 2.59. The third-order valence-corrected chi connectivity index (χ3v) is 4.71. The van der Waals surface area contributed by atoms with Gasteiger partial charge in [0.15, 0.2) is 8.38 Å². The Kier molecular flexibility index (Phi) is 5.23. The summed E-state index contributed by atoms with van der Waals surface area (Å²) in [5.41, 5.74) is 0.907. The van der Waals surface area contributed by atoms with Crippen LogP contribution >= 0.6 is 8.38 Å². The first-order valence-corrected chi connectivity index (χ1v) is 9.02. The first-order chi connectivity index (χ1) is 11.2. The maximum atomic E-state index is 9.04. The second-order valence-corrected chi connectivity index (χ2v) is 6.70. The Bertz CT molecular complexity index is 662. The topological polar surface area (TPSA) is 82.0 Å². The Morgan fingerprint density at radius 1 is 1.17 bits per heavy atom. The van der Waals surface area contributed by atoms with Crippen LogP contribution in [0.2, 0.25) is 0 Å². The van der Waals surface area contributed by atoms with Gasteiger partial charge in [0.25, 0.3) is 0 Å². The predicted molar refractivity (Wildman–Crippen MR) is 91.0 cm³/mol. The molecular formula is C15H21N4O3P. The fourth-order valence-electron chi connectivity index (χ4n) is 2.82. The molecule has 23 heavy (non-hydrogen) atoms. The lowest BCUT2D eigenvalue weighted by molar-refractivity contribution is 0.269. The molecule has 1 aliphatic rings. The van der Waals surface area contributed by atoms with Gasteiger partial charge in [-0.15, -0.1) is 0 Å². The summed E-state index contributed by atoms with van der Waals surface area (Å²) in [5.74, 6) is 1.73. The van der Waals surface area contributed by atoms with E-state index in [4.69, 9.17) is 14.5 Å². The maximum Gasteiger partial charge on any atom is 0.166 e. The maximum absolute atomic E-state index is 9.04. The largest absolute Gasteiger partial charge is 0.497 e. The van der Waals surface area contributed by atoms with Gasteiger partial charge in [0.05, 0.1) is 12.6 Å². The fraction of sp³-hybridized carbons (Fsp3) is 0.467. The lowest BCUT2D eigenvalue weighted by Gasteiger charge is -2.35. The Morgan fingerprint density at radius 2 is 1.96 bits per heavy atom. The first-order valence-electron chi connectivity index (χ1n) is 7.58. The minimum Gasteiger partial charge on any atom is -0.497 e. The van der Waals surface area contributed by atoms with Gasteiger partial charge in [0, 0.05) is 44.3 Å². The summed E-state index contributed by atoms with van der Waals surface area (Å²) in [6, 6.07) is 5.82. The van der Waals surface area contributed by atoms with Crippen LogP contribution in [0.3, 0.4) is 0 Å². The molecule has 0 saturated carbocycles. The van der Waals surface area contributed by atoms with Crippen LogP contribution in [0.1, 0.15) is 0 Å².